The number of anilines is 2. The van der Waals surface area contributed by atoms with Gasteiger partial charge in [0.05, 0.1) is 34.5 Å². The highest BCUT2D eigenvalue weighted by Crippen LogP contribution is 2.64. The summed E-state index contributed by atoms with van der Waals surface area (Å²) in [5.74, 6) is -5.86. The van der Waals surface area contributed by atoms with E-state index in [4.69, 9.17) is 11.6 Å². The van der Waals surface area contributed by atoms with Crippen molar-refractivity contribution < 1.29 is 28.7 Å². The van der Waals surface area contributed by atoms with Gasteiger partial charge in [-0.25, -0.2) is 4.39 Å². The van der Waals surface area contributed by atoms with Crippen molar-refractivity contribution in [2.24, 2.45) is 23.7 Å². The average molecular weight is 788 g/mol. The van der Waals surface area contributed by atoms with Gasteiger partial charge in [0.15, 0.2) is 0 Å². The molecule has 4 amide bonds. The maximum atomic E-state index is 15.1. The Labute approximate surface area is 299 Å². The van der Waals surface area contributed by atoms with Crippen molar-refractivity contribution in [3.8, 4) is 5.75 Å². The van der Waals surface area contributed by atoms with Gasteiger partial charge in [-0.1, -0.05) is 47.5 Å². The molecule has 4 aromatic carbocycles. The van der Waals surface area contributed by atoms with E-state index >= 15 is 4.79 Å². The lowest BCUT2D eigenvalue weighted by Crippen LogP contribution is -2.53. The summed E-state index contributed by atoms with van der Waals surface area (Å²) < 4.78 is 14.8. The summed E-state index contributed by atoms with van der Waals surface area (Å²) in [6.45, 7) is 0. The van der Waals surface area contributed by atoms with Crippen LogP contribution in [0.2, 0.25) is 5.02 Å². The number of nitrogens with zero attached hydrogens (tertiary/aromatic N) is 2. The number of allylic oxidation sites excluding steroid dienone is 2. The Morgan fingerprint density at radius 3 is 2.27 bits per heavy atom. The van der Waals surface area contributed by atoms with Gasteiger partial charge in [0.2, 0.25) is 11.8 Å². The molecule has 0 aromatic heterocycles. The fourth-order valence-corrected chi connectivity index (χ4v) is 9.06. The van der Waals surface area contributed by atoms with E-state index in [1.165, 1.54) is 35.2 Å². The van der Waals surface area contributed by atoms with Crippen LogP contribution in [0.4, 0.5) is 15.8 Å². The van der Waals surface area contributed by atoms with E-state index in [1.54, 1.807) is 48.5 Å². The Morgan fingerprint density at radius 2 is 1.57 bits per heavy atom. The first kappa shape index (κ1) is 31.7. The summed E-state index contributed by atoms with van der Waals surface area (Å²) in [6.07, 6.45) is 2.36. The maximum absolute atomic E-state index is 15.1. The number of fused-ring (bicyclic) bond motifs is 4. The van der Waals surface area contributed by atoms with Crippen LogP contribution in [-0.2, 0) is 24.6 Å². The normalized spacial score (nSPS) is 27.5. The molecule has 3 fully saturated rings. The second-order valence-electron chi connectivity index (χ2n) is 13.0. The zero-order valence-electron chi connectivity index (χ0n) is 25.7. The summed E-state index contributed by atoms with van der Waals surface area (Å²) in [4.78, 5) is 59.3. The van der Waals surface area contributed by atoms with Crippen molar-refractivity contribution in [2.45, 2.75) is 24.2 Å². The van der Waals surface area contributed by atoms with Crippen molar-refractivity contribution in [1.82, 2.24) is 5.01 Å². The zero-order valence-corrected chi connectivity index (χ0v) is 28.6. The van der Waals surface area contributed by atoms with Crippen molar-refractivity contribution >= 4 is 69.2 Å². The van der Waals surface area contributed by atoms with E-state index in [2.05, 4.69) is 28.0 Å². The largest absolute Gasteiger partial charge is 0.508 e. The average Bonchev–Trinajstić information content (AvgIpc) is 3.47. The molecule has 0 spiro atoms. The monoisotopic (exact) mass is 787 g/mol. The lowest BCUT2D eigenvalue weighted by molar-refractivity contribution is -0.138. The van der Waals surface area contributed by atoms with Crippen molar-refractivity contribution in [3.05, 3.63) is 134 Å². The van der Waals surface area contributed by atoms with Crippen molar-refractivity contribution in [3.63, 3.8) is 0 Å². The van der Waals surface area contributed by atoms with Crippen LogP contribution < -0.4 is 10.3 Å². The first-order valence-electron chi connectivity index (χ1n) is 15.9. The summed E-state index contributed by atoms with van der Waals surface area (Å²) in [5.41, 5.74) is 4.15. The Morgan fingerprint density at radius 1 is 0.857 bits per heavy atom. The fourth-order valence-electron chi connectivity index (χ4n) is 8.58. The zero-order chi connectivity index (χ0) is 34.2. The number of carbonyl (C=O) groups is 4. The molecular formula is C38H28ClFIN3O5. The highest BCUT2D eigenvalue weighted by Gasteiger charge is 2.70. The number of hydrogen-bond acceptors (Lipinski definition) is 6. The van der Waals surface area contributed by atoms with E-state index < -0.39 is 52.6 Å². The maximum Gasteiger partial charge on any atom is 0.260 e. The molecule has 2 aliphatic heterocycles. The summed E-state index contributed by atoms with van der Waals surface area (Å²) in [7, 11) is 0. The number of hydrogen-bond donors (Lipinski definition) is 2. The van der Waals surface area contributed by atoms with Crippen LogP contribution in [0.1, 0.15) is 29.9 Å². The van der Waals surface area contributed by atoms with Gasteiger partial charge in [0, 0.05) is 14.5 Å². The quantitative estimate of drug-likeness (QED) is 0.129. The number of phenolic OH excluding ortho intramolecular Hbond substituents is 1. The number of halogens is 3. The van der Waals surface area contributed by atoms with Gasteiger partial charge in [0.1, 0.15) is 11.6 Å². The molecule has 6 unspecified atom stereocenters. The summed E-state index contributed by atoms with van der Waals surface area (Å²) in [6, 6.07) is 26.0. The first-order chi connectivity index (χ1) is 23.6. The molecule has 49 heavy (non-hydrogen) atoms. The molecule has 2 N–H and O–H groups in total. The number of aromatic hydroxyl groups is 1. The second-order valence-corrected chi connectivity index (χ2v) is 14.6. The standard InChI is InChI=1S/C38H28ClFIN3O5/c39-22-6-4-21(5-7-22)38-31(35(47)44(37(38)49)42-25-12-8-23(40)9-13-25)19-30-28(33(38)20-2-1-3-27(45)18-20)16-17-29-32(30)36(48)43(34(29)46)26-14-10-24(41)11-15-26/h1-16,18,29-33,42,45H,17,19H2. The van der Waals surface area contributed by atoms with Crippen LogP contribution in [0.25, 0.3) is 0 Å². The summed E-state index contributed by atoms with van der Waals surface area (Å²) in [5, 5.41) is 12.2. The highest BCUT2D eigenvalue weighted by molar-refractivity contribution is 14.1. The van der Waals surface area contributed by atoms with Gasteiger partial charge in [-0.05, 0) is 125 Å². The Bertz CT molecular complexity index is 2070. The number of amides is 4. The predicted molar refractivity (Wildman–Crippen MR) is 189 cm³/mol. The molecule has 8 rings (SSSR count). The van der Waals surface area contributed by atoms with Gasteiger partial charge in [-0.2, -0.15) is 5.01 Å². The number of nitrogens with one attached hydrogen (secondary N) is 1. The van der Waals surface area contributed by atoms with Crippen LogP contribution in [0, 0.1) is 33.1 Å². The van der Waals surface area contributed by atoms with Gasteiger partial charge < -0.3 is 5.11 Å². The van der Waals surface area contributed by atoms with Gasteiger partial charge in [-0.3, -0.25) is 29.5 Å². The van der Waals surface area contributed by atoms with Gasteiger partial charge in [-0.15, -0.1) is 0 Å². The lowest BCUT2D eigenvalue weighted by Gasteiger charge is -2.50. The molecule has 6 atom stereocenters. The van der Waals surface area contributed by atoms with E-state index in [0.717, 1.165) is 14.2 Å². The Kier molecular flexibility index (Phi) is 7.64. The molecule has 2 saturated heterocycles. The van der Waals surface area contributed by atoms with Gasteiger partial charge >= 0.3 is 0 Å². The van der Waals surface area contributed by atoms with Crippen LogP contribution >= 0.6 is 34.2 Å². The molecule has 4 aliphatic rings. The predicted octanol–water partition coefficient (Wildman–Crippen LogP) is 6.98. The third-order valence-electron chi connectivity index (χ3n) is 10.5. The van der Waals surface area contributed by atoms with Crippen LogP contribution in [-0.4, -0.2) is 33.7 Å². The van der Waals surface area contributed by atoms with E-state index in [0.29, 0.717) is 27.5 Å². The lowest BCUT2D eigenvalue weighted by atomic mass is 9.49. The molecule has 0 radical (unpaired) electrons. The second kappa shape index (κ2) is 11.8. The molecule has 246 valence electrons. The topological polar surface area (TPSA) is 107 Å². The Balaban J connectivity index is 1.31. The van der Waals surface area contributed by atoms with Gasteiger partial charge in [0.25, 0.3) is 11.8 Å². The van der Waals surface area contributed by atoms with E-state index in [9.17, 15) is 23.9 Å². The first-order valence-corrected chi connectivity index (χ1v) is 17.3. The van der Waals surface area contributed by atoms with Crippen LogP contribution in [0.5, 0.6) is 5.75 Å². The minimum absolute atomic E-state index is 0.0215. The molecule has 2 heterocycles. The van der Waals surface area contributed by atoms with Crippen LogP contribution in [0.3, 0.4) is 0 Å². The number of carbonyl (C=O) groups excluding carboxylic acids is 4. The highest BCUT2D eigenvalue weighted by atomic mass is 127. The summed E-state index contributed by atoms with van der Waals surface area (Å²) >= 11 is 8.49. The minimum atomic E-state index is -1.51. The number of hydrazine groups is 1. The fraction of sp³-hybridized carbons (Fsp3) is 0.211. The van der Waals surface area contributed by atoms with E-state index in [-0.39, 0.29) is 30.4 Å². The number of phenols is 1. The molecule has 11 heteroatoms. The van der Waals surface area contributed by atoms with Crippen molar-refractivity contribution in [2.75, 3.05) is 10.3 Å². The minimum Gasteiger partial charge on any atom is -0.508 e. The molecule has 1 saturated carbocycles. The molecule has 4 aromatic rings. The van der Waals surface area contributed by atoms with E-state index in [1.807, 2.05) is 24.3 Å². The Hall–Kier alpha value is -4.55. The number of imide groups is 2. The third-order valence-corrected chi connectivity index (χ3v) is 11.5. The van der Waals surface area contributed by atoms with Crippen LogP contribution in [0.15, 0.2) is 109 Å². The van der Waals surface area contributed by atoms with Crippen molar-refractivity contribution in [1.29, 1.82) is 0 Å². The molecule has 8 nitrogen and oxygen atoms in total. The number of benzene rings is 4. The molecular weight excluding hydrogens is 760 g/mol. The number of rotatable bonds is 5. The SMILES string of the molecule is O=C1C2CC3C(=CCC4C(=O)N(c5ccc(I)cc5)C(=O)C43)C(c3cccc(O)c3)C2(c2ccc(Cl)cc2)C(=O)N1Nc1ccc(F)cc1. The molecule has 0 bridgehead atoms. The third kappa shape index (κ3) is 4.82. The smallest absolute Gasteiger partial charge is 0.260 e. The molecule has 2 aliphatic carbocycles.